The van der Waals surface area contributed by atoms with Crippen LogP contribution in [0.25, 0.3) is 0 Å². The van der Waals surface area contributed by atoms with Crippen LogP contribution in [0.2, 0.25) is 0 Å². The summed E-state index contributed by atoms with van der Waals surface area (Å²) in [5.74, 6) is 0. The van der Waals surface area contributed by atoms with Gasteiger partial charge in [-0.15, -0.1) is 0 Å². The van der Waals surface area contributed by atoms with Gasteiger partial charge in [-0.25, -0.2) is 0 Å². The number of rotatable bonds is 6. The average molecular weight is 271 g/mol. The van der Waals surface area contributed by atoms with Gasteiger partial charge in [-0.3, -0.25) is 4.68 Å². The molecule has 3 heteroatoms. The minimum atomic E-state index is 0.862. The molecule has 0 spiro atoms. The predicted molar refractivity (Wildman–Crippen MR) is 84.2 cm³/mol. The highest BCUT2D eigenvalue weighted by molar-refractivity contribution is 5.29. The molecule has 2 rings (SSSR count). The van der Waals surface area contributed by atoms with Crippen LogP contribution in [0.3, 0.4) is 0 Å². The standard InChI is InChI=1S/C17H25N3/c1-5-18-11-10-17-14(3)19-20(15(17)4)12-16-9-7-6-8-13(16)2/h6-9,18H,5,10-12H2,1-4H3. The number of benzene rings is 1. The summed E-state index contributed by atoms with van der Waals surface area (Å²) in [5.41, 5.74) is 6.52. The van der Waals surface area contributed by atoms with Gasteiger partial charge in [0, 0.05) is 5.69 Å². The molecule has 0 aliphatic heterocycles. The number of aryl methyl sites for hydroxylation is 2. The molecule has 0 bridgehead atoms. The lowest BCUT2D eigenvalue weighted by Gasteiger charge is -2.08. The molecule has 0 unspecified atom stereocenters. The Hall–Kier alpha value is -1.61. The van der Waals surface area contributed by atoms with Crippen molar-refractivity contribution in [3.05, 3.63) is 52.3 Å². The van der Waals surface area contributed by atoms with E-state index in [4.69, 9.17) is 5.10 Å². The van der Waals surface area contributed by atoms with Gasteiger partial charge in [-0.2, -0.15) is 5.10 Å². The van der Waals surface area contributed by atoms with Crippen molar-refractivity contribution in [1.29, 1.82) is 0 Å². The second kappa shape index (κ2) is 6.71. The van der Waals surface area contributed by atoms with E-state index in [1.54, 1.807) is 0 Å². The molecular weight excluding hydrogens is 246 g/mol. The van der Waals surface area contributed by atoms with Crippen LogP contribution in [0.5, 0.6) is 0 Å². The van der Waals surface area contributed by atoms with E-state index in [0.29, 0.717) is 0 Å². The highest BCUT2D eigenvalue weighted by atomic mass is 15.3. The third-order valence-corrected chi connectivity index (χ3v) is 3.91. The van der Waals surface area contributed by atoms with E-state index in [9.17, 15) is 0 Å². The van der Waals surface area contributed by atoms with E-state index in [1.807, 2.05) is 0 Å². The topological polar surface area (TPSA) is 29.9 Å². The van der Waals surface area contributed by atoms with E-state index < -0.39 is 0 Å². The first kappa shape index (κ1) is 14.8. The van der Waals surface area contributed by atoms with Crippen LogP contribution >= 0.6 is 0 Å². The van der Waals surface area contributed by atoms with Gasteiger partial charge in [0.05, 0.1) is 12.2 Å². The van der Waals surface area contributed by atoms with Gasteiger partial charge in [0.25, 0.3) is 0 Å². The van der Waals surface area contributed by atoms with Gasteiger partial charge in [0.2, 0.25) is 0 Å². The third kappa shape index (κ3) is 3.28. The Morgan fingerprint density at radius 2 is 1.90 bits per heavy atom. The molecule has 0 radical (unpaired) electrons. The molecule has 0 saturated carbocycles. The van der Waals surface area contributed by atoms with Crippen molar-refractivity contribution in [1.82, 2.24) is 15.1 Å². The predicted octanol–water partition coefficient (Wildman–Crippen LogP) is 3.01. The van der Waals surface area contributed by atoms with E-state index in [0.717, 1.165) is 31.7 Å². The van der Waals surface area contributed by atoms with Crippen LogP contribution in [0.4, 0.5) is 0 Å². The van der Waals surface area contributed by atoms with Crippen LogP contribution in [0.15, 0.2) is 24.3 Å². The summed E-state index contributed by atoms with van der Waals surface area (Å²) in [4.78, 5) is 0. The molecule has 0 atom stereocenters. The Morgan fingerprint density at radius 3 is 2.60 bits per heavy atom. The lowest BCUT2D eigenvalue weighted by Crippen LogP contribution is -2.16. The van der Waals surface area contributed by atoms with E-state index in [1.165, 1.54) is 22.4 Å². The second-order valence-corrected chi connectivity index (χ2v) is 5.34. The zero-order chi connectivity index (χ0) is 14.5. The maximum absolute atomic E-state index is 4.71. The van der Waals surface area contributed by atoms with Crippen molar-refractivity contribution in [2.45, 2.75) is 40.7 Å². The molecule has 1 aromatic heterocycles. The first-order valence-corrected chi connectivity index (χ1v) is 7.41. The average Bonchev–Trinajstić information content (AvgIpc) is 2.69. The first-order valence-electron chi connectivity index (χ1n) is 7.41. The maximum Gasteiger partial charge on any atom is 0.0665 e. The zero-order valence-electron chi connectivity index (χ0n) is 13.0. The highest BCUT2D eigenvalue weighted by Crippen LogP contribution is 2.16. The second-order valence-electron chi connectivity index (χ2n) is 5.34. The maximum atomic E-state index is 4.71. The van der Waals surface area contributed by atoms with E-state index >= 15 is 0 Å². The van der Waals surface area contributed by atoms with Gasteiger partial charge in [-0.05, 0) is 57.0 Å². The molecule has 1 aromatic carbocycles. The number of hydrogen-bond acceptors (Lipinski definition) is 2. The Balaban J connectivity index is 2.17. The normalized spacial score (nSPS) is 11.0. The quantitative estimate of drug-likeness (QED) is 0.819. The summed E-state index contributed by atoms with van der Waals surface area (Å²) in [7, 11) is 0. The summed E-state index contributed by atoms with van der Waals surface area (Å²) in [6.07, 6.45) is 1.05. The minimum absolute atomic E-state index is 0.862. The highest BCUT2D eigenvalue weighted by Gasteiger charge is 2.11. The summed E-state index contributed by atoms with van der Waals surface area (Å²) in [6, 6.07) is 8.53. The molecule has 2 aromatic rings. The Bertz CT molecular complexity index is 570. The summed E-state index contributed by atoms with van der Waals surface area (Å²) in [6.45, 7) is 11.5. The molecule has 0 saturated heterocycles. The van der Waals surface area contributed by atoms with Gasteiger partial charge < -0.3 is 5.32 Å². The molecule has 3 nitrogen and oxygen atoms in total. The summed E-state index contributed by atoms with van der Waals surface area (Å²) in [5, 5.41) is 8.10. The molecule has 108 valence electrons. The summed E-state index contributed by atoms with van der Waals surface area (Å²) >= 11 is 0. The van der Waals surface area contributed by atoms with Crippen molar-refractivity contribution in [2.75, 3.05) is 13.1 Å². The van der Waals surface area contributed by atoms with Crippen molar-refractivity contribution < 1.29 is 0 Å². The Kier molecular flexibility index (Phi) is 4.96. The smallest absolute Gasteiger partial charge is 0.0665 e. The molecule has 0 aliphatic rings. The van der Waals surface area contributed by atoms with Gasteiger partial charge in [0.15, 0.2) is 0 Å². The van der Waals surface area contributed by atoms with Gasteiger partial charge >= 0.3 is 0 Å². The molecular formula is C17H25N3. The van der Waals surface area contributed by atoms with Crippen LogP contribution in [0.1, 0.15) is 35.0 Å². The summed E-state index contributed by atoms with van der Waals surface area (Å²) < 4.78 is 2.14. The molecule has 0 aliphatic carbocycles. The fourth-order valence-electron chi connectivity index (χ4n) is 2.59. The number of aromatic nitrogens is 2. The number of nitrogens with one attached hydrogen (secondary N) is 1. The molecule has 1 heterocycles. The van der Waals surface area contributed by atoms with Crippen LogP contribution < -0.4 is 5.32 Å². The lowest BCUT2D eigenvalue weighted by atomic mass is 10.1. The Labute approximate surface area is 122 Å². The van der Waals surface area contributed by atoms with Crippen molar-refractivity contribution >= 4 is 0 Å². The van der Waals surface area contributed by atoms with Crippen LogP contribution in [-0.2, 0) is 13.0 Å². The molecule has 0 fully saturated rings. The van der Waals surface area contributed by atoms with E-state index in [2.05, 4.69) is 62.0 Å². The first-order chi connectivity index (χ1) is 9.63. The third-order valence-electron chi connectivity index (χ3n) is 3.91. The number of nitrogens with zero attached hydrogens (tertiary/aromatic N) is 2. The minimum Gasteiger partial charge on any atom is -0.317 e. The monoisotopic (exact) mass is 271 g/mol. The fraction of sp³-hybridized carbons (Fsp3) is 0.471. The Morgan fingerprint density at radius 1 is 1.15 bits per heavy atom. The molecule has 1 N–H and O–H groups in total. The lowest BCUT2D eigenvalue weighted by molar-refractivity contribution is 0.654. The van der Waals surface area contributed by atoms with Crippen LogP contribution in [-0.4, -0.2) is 22.9 Å². The SMILES string of the molecule is CCNCCc1c(C)nn(Cc2ccccc2C)c1C. The largest absolute Gasteiger partial charge is 0.317 e. The van der Waals surface area contributed by atoms with Gasteiger partial charge in [0.1, 0.15) is 0 Å². The zero-order valence-corrected chi connectivity index (χ0v) is 13.0. The van der Waals surface area contributed by atoms with Crippen LogP contribution in [0, 0.1) is 20.8 Å². The van der Waals surface area contributed by atoms with E-state index in [-0.39, 0.29) is 0 Å². The van der Waals surface area contributed by atoms with Gasteiger partial charge in [-0.1, -0.05) is 31.2 Å². The number of hydrogen-bond donors (Lipinski definition) is 1. The molecule has 0 amide bonds. The number of likely N-dealkylation sites (N-methyl/N-ethyl adjacent to an activating group) is 1. The fourth-order valence-corrected chi connectivity index (χ4v) is 2.59. The van der Waals surface area contributed by atoms with Crippen molar-refractivity contribution in [2.24, 2.45) is 0 Å². The molecule has 20 heavy (non-hydrogen) atoms. The van der Waals surface area contributed by atoms with Crippen molar-refractivity contribution in [3.8, 4) is 0 Å². The van der Waals surface area contributed by atoms with Crippen molar-refractivity contribution in [3.63, 3.8) is 0 Å².